The molecule has 0 aliphatic carbocycles. The Labute approximate surface area is 106 Å². The minimum absolute atomic E-state index is 0.134. The molecule has 2 atom stereocenters. The molecule has 1 N–H and O–H groups in total. The molecule has 2 unspecified atom stereocenters. The molecule has 1 amide bonds. The summed E-state index contributed by atoms with van der Waals surface area (Å²) in [5.74, 6) is -1.80. The van der Waals surface area contributed by atoms with Crippen LogP contribution in [0.3, 0.4) is 0 Å². The highest BCUT2D eigenvalue weighted by atomic mass is 19.4. The summed E-state index contributed by atoms with van der Waals surface area (Å²) < 4.78 is 37.9. The first-order valence-corrected chi connectivity index (χ1v) is 6.42. The Kier molecular flexibility index (Phi) is 5.44. The molecule has 1 aliphatic heterocycles. The van der Waals surface area contributed by atoms with Gasteiger partial charge in [-0.15, -0.1) is 0 Å². The van der Waals surface area contributed by atoms with E-state index in [0.29, 0.717) is 19.5 Å². The summed E-state index contributed by atoms with van der Waals surface area (Å²) in [4.78, 5) is 13.4. The molecule has 1 aliphatic rings. The highest BCUT2D eigenvalue weighted by Crippen LogP contribution is 2.33. The second-order valence-corrected chi connectivity index (χ2v) is 4.87. The lowest BCUT2D eigenvalue weighted by molar-refractivity contribution is -0.188. The minimum Gasteiger partial charge on any atom is -0.342 e. The number of alkyl halides is 3. The number of hydrogen-bond acceptors (Lipinski definition) is 2. The Balaban J connectivity index is 2.53. The summed E-state index contributed by atoms with van der Waals surface area (Å²) in [5.41, 5.74) is 0. The summed E-state index contributed by atoms with van der Waals surface area (Å²) in [6, 6.07) is 0. The summed E-state index contributed by atoms with van der Waals surface area (Å²) in [5, 5.41) is 3.04. The van der Waals surface area contributed by atoms with Crippen LogP contribution in [0.2, 0.25) is 0 Å². The average molecular weight is 266 g/mol. The van der Waals surface area contributed by atoms with Crippen LogP contribution in [0.4, 0.5) is 13.2 Å². The van der Waals surface area contributed by atoms with Crippen molar-refractivity contribution in [3.8, 4) is 0 Å². The van der Waals surface area contributed by atoms with E-state index in [1.807, 2.05) is 6.92 Å². The number of nitrogens with zero attached hydrogens (tertiary/aromatic N) is 1. The fourth-order valence-electron chi connectivity index (χ4n) is 2.20. The first-order valence-electron chi connectivity index (χ1n) is 6.42. The van der Waals surface area contributed by atoms with Gasteiger partial charge in [-0.25, -0.2) is 0 Å². The zero-order chi connectivity index (χ0) is 13.8. The van der Waals surface area contributed by atoms with Crippen molar-refractivity contribution in [3.05, 3.63) is 0 Å². The Morgan fingerprint density at radius 1 is 1.50 bits per heavy atom. The van der Waals surface area contributed by atoms with E-state index in [2.05, 4.69) is 5.32 Å². The SMILES string of the molecule is CCNCC(C)C(=O)N1CCCC(C(F)(F)F)C1. The van der Waals surface area contributed by atoms with Crippen LogP contribution < -0.4 is 5.32 Å². The van der Waals surface area contributed by atoms with E-state index in [1.165, 1.54) is 4.90 Å². The van der Waals surface area contributed by atoms with Gasteiger partial charge in [-0.3, -0.25) is 4.79 Å². The van der Waals surface area contributed by atoms with Gasteiger partial charge in [0, 0.05) is 25.6 Å². The Morgan fingerprint density at radius 3 is 2.72 bits per heavy atom. The van der Waals surface area contributed by atoms with Gasteiger partial charge in [0.15, 0.2) is 0 Å². The molecule has 3 nitrogen and oxygen atoms in total. The number of likely N-dealkylation sites (tertiary alicyclic amines) is 1. The average Bonchev–Trinajstić information content (AvgIpc) is 2.34. The first kappa shape index (κ1) is 15.3. The number of hydrogen-bond donors (Lipinski definition) is 1. The maximum Gasteiger partial charge on any atom is 0.393 e. The summed E-state index contributed by atoms with van der Waals surface area (Å²) in [6.07, 6.45) is -3.62. The molecule has 6 heteroatoms. The molecular weight excluding hydrogens is 245 g/mol. The third-order valence-corrected chi connectivity index (χ3v) is 3.32. The molecule has 0 aromatic heterocycles. The van der Waals surface area contributed by atoms with Crippen molar-refractivity contribution in [3.63, 3.8) is 0 Å². The number of piperidine rings is 1. The van der Waals surface area contributed by atoms with Crippen LogP contribution >= 0.6 is 0 Å². The van der Waals surface area contributed by atoms with Gasteiger partial charge in [-0.1, -0.05) is 13.8 Å². The van der Waals surface area contributed by atoms with Crippen molar-refractivity contribution in [1.29, 1.82) is 0 Å². The molecule has 0 radical (unpaired) electrons. The molecular formula is C12H21F3N2O. The molecule has 1 fully saturated rings. The van der Waals surface area contributed by atoms with E-state index in [9.17, 15) is 18.0 Å². The highest BCUT2D eigenvalue weighted by Gasteiger charge is 2.42. The molecule has 1 heterocycles. The van der Waals surface area contributed by atoms with E-state index in [-0.39, 0.29) is 24.8 Å². The third-order valence-electron chi connectivity index (χ3n) is 3.32. The van der Waals surface area contributed by atoms with E-state index >= 15 is 0 Å². The Bertz CT molecular complexity index is 281. The predicted molar refractivity (Wildman–Crippen MR) is 63.1 cm³/mol. The molecule has 0 aromatic carbocycles. The van der Waals surface area contributed by atoms with Crippen LogP contribution in [-0.2, 0) is 4.79 Å². The Morgan fingerprint density at radius 2 is 2.17 bits per heavy atom. The van der Waals surface area contributed by atoms with Crippen molar-refractivity contribution in [2.45, 2.75) is 32.9 Å². The van der Waals surface area contributed by atoms with Crippen molar-refractivity contribution < 1.29 is 18.0 Å². The molecule has 18 heavy (non-hydrogen) atoms. The zero-order valence-electron chi connectivity index (χ0n) is 10.9. The normalized spacial score (nSPS) is 22.9. The van der Waals surface area contributed by atoms with Crippen LogP contribution in [0.25, 0.3) is 0 Å². The van der Waals surface area contributed by atoms with Gasteiger partial charge >= 0.3 is 6.18 Å². The minimum atomic E-state index is -4.19. The fourth-order valence-corrected chi connectivity index (χ4v) is 2.20. The van der Waals surface area contributed by atoms with Crippen molar-refractivity contribution >= 4 is 5.91 Å². The van der Waals surface area contributed by atoms with E-state index in [1.54, 1.807) is 6.92 Å². The van der Waals surface area contributed by atoms with E-state index in [4.69, 9.17) is 0 Å². The second kappa shape index (κ2) is 6.41. The number of carbonyl (C=O) groups is 1. The lowest BCUT2D eigenvalue weighted by Crippen LogP contribution is -2.47. The fraction of sp³-hybridized carbons (Fsp3) is 0.917. The molecule has 0 saturated carbocycles. The monoisotopic (exact) mass is 266 g/mol. The molecule has 0 bridgehead atoms. The van der Waals surface area contributed by atoms with Gasteiger partial charge in [-0.05, 0) is 19.4 Å². The smallest absolute Gasteiger partial charge is 0.342 e. The van der Waals surface area contributed by atoms with Crippen molar-refractivity contribution in [2.75, 3.05) is 26.2 Å². The summed E-state index contributed by atoms with van der Waals surface area (Å²) in [6.45, 7) is 5.21. The number of halogens is 3. The van der Waals surface area contributed by atoms with Crippen LogP contribution in [0, 0.1) is 11.8 Å². The van der Waals surface area contributed by atoms with Crippen LogP contribution in [-0.4, -0.2) is 43.2 Å². The highest BCUT2D eigenvalue weighted by molar-refractivity contribution is 5.78. The Hall–Kier alpha value is -0.780. The van der Waals surface area contributed by atoms with Gasteiger partial charge in [0.25, 0.3) is 0 Å². The third kappa shape index (κ3) is 4.15. The van der Waals surface area contributed by atoms with Crippen LogP contribution in [0.15, 0.2) is 0 Å². The lowest BCUT2D eigenvalue weighted by atomic mass is 9.96. The lowest BCUT2D eigenvalue weighted by Gasteiger charge is -2.35. The molecule has 1 saturated heterocycles. The maximum absolute atomic E-state index is 12.6. The summed E-state index contributed by atoms with van der Waals surface area (Å²) in [7, 11) is 0. The van der Waals surface area contributed by atoms with Gasteiger partial charge in [-0.2, -0.15) is 13.2 Å². The van der Waals surface area contributed by atoms with Gasteiger partial charge in [0.05, 0.1) is 5.92 Å². The van der Waals surface area contributed by atoms with E-state index < -0.39 is 12.1 Å². The number of carbonyl (C=O) groups excluding carboxylic acids is 1. The number of rotatable bonds is 4. The predicted octanol–water partition coefficient (Wildman–Crippen LogP) is 2.03. The van der Waals surface area contributed by atoms with E-state index in [0.717, 1.165) is 6.54 Å². The van der Waals surface area contributed by atoms with Crippen molar-refractivity contribution in [1.82, 2.24) is 10.2 Å². The number of nitrogens with one attached hydrogen (secondary N) is 1. The van der Waals surface area contributed by atoms with Gasteiger partial charge in [0.2, 0.25) is 5.91 Å². The maximum atomic E-state index is 12.6. The quantitative estimate of drug-likeness (QED) is 0.844. The topological polar surface area (TPSA) is 32.3 Å². The first-order chi connectivity index (χ1) is 8.36. The van der Waals surface area contributed by atoms with Crippen LogP contribution in [0.5, 0.6) is 0 Å². The summed E-state index contributed by atoms with van der Waals surface area (Å²) >= 11 is 0. The molecule has 0 aromatic rings. The molecule has 0 spiro atoms. The van der Waals surface area contributed by atoms with Gasteiger partial charge in [0.1, 0.15) is 0 Å². The van der Waals surface area contributed by atoms with Gasteiger partial charge < -0.3 is 10.2 Å². The zero-order valence-corrected chi connectivity index (χ0v) is 10.9. The van der Waals surface area contributed by atoms with Crippen molar-refractivity contribution in [2.24, 2.45) is 11.8 Å². The van der Waals surface area contributed by atoms with Crippen LogP contribution in [0.1, 0.15) is 26.7 Å². The largest absolute Gasteiger partial charge is 0.393 e. The molecule has 1 rings (SSSR count). The second-order valence-electron chi connectivity index (χ2n) is 4.87. The molecule has 106 valence electrons. The number of amides is 1. The standard InChI is InChI=1S/C12H21F3N2O/c1-3-16-7-9(2)11(18)17-6-4-5-10(8-17)12(13,14)15/h9-10,16H,3-8H2,1-2H3.